The van der Waals surface area contributed by atoms with Crippen LogP contribution in [0.5, 0.6) is 0 Å². The smallest absolute Gasteiger partial charge is 0.141 e. The molecule has 0 spiro atoms. The van der Waals surface area contributed by atoms with Crippen LogP contribution in [0.3, 0.4) is 0 Å². The zero-order valence-corrected chi connectivity index (χ0v) is 8.43. The second-order valence-corrected chi connectivity index (χ2v) is 4.09. The summed E-state index contributed by atoms with van der Waals surface area (Å²) in [5, 5.41) is 10.0. The molecular formula is C9H11N3S. The SMILES string of the molecule is CC(C)c1cn[nH]c1-c1nccs1. The molecule has 2 rings (SSSR count). The summed E-state index contributed by atoms with van der Waals surface area (Å²) in [7, 11) is 0. The Morgan fingerprint density at radius 1 is 1.46 bits per heavy atom. The van der Waals surface area contributed by atoms with Crippen molar-refractivity contribution >= 4 is 11.3 Å². The van der Waals surface area contributed by atoms with Crippen LogP contribution >= 0.6 is 11.3 Å². The van der Waals surface area contributed by atoms with Gasteiger partial charge in [0.1, 0.15) is 5.01 Å². The maximum atomic E-state index is 4.25. The summed E-state index contributed by atoms with van der Waals surface area (Å²) in [6.07, 6.45) is 3.69. The topological polar surface area (TPSA) is 41.6 Å². The number of hydrogen-bond donors (Lipinski definition) is 1. The molecule has 0 amide bonds. The minimum absolute atomic E-state index is 0.484. The Bertz CT molecular complexity index is 375. The summed E-state index contributed by atoms with van der Waals surface area (Å²) in [5.74, 6) is 0.484. The van der Waals surface area contributed by atoms with Crippen molar-refractivity contribution in [3.63, 3.8) is 0 Å². The first kappa shape index (κ1) is 8.44. The summed E-state index contributed by atoms with van der Waals surface area (Å²) in [4.78, 5) is 4.25. The molecule has 1 N–H and O–H groups in total. The van der Waals surface area contributed by atoms with E-state index in [1.165, 1.54) is 5.56 Å². The van der Waals surface area contributed by atoms with E-state index in [1.807, 2.05) is 17.8 Å². The van der Waals surface area contributed by atoms with Gasteiger partial charge in [-0.3, -0.25) is 5.10 Å². The zero-order chi connectivity index (χ0) is 9.26. The van der Waals surface area contributed by atoms with Gasteiger partial charge in [0.15, 0.2) is 0 Å². The molecule has 2 aromatic heterocycles. The van der Waals surface area contributed by atoms with Crippen molar-refractivity contribution in [1.29, 1.82) is 0 Å². The van der Waals surface area contributed by atoms with E-state index < -0.39 is 0 Å². The molecule has 0 radical (unpaired) electrons. The van der Waals surface area contributed by atoms with Crippen molar-refractivity contribution in [3.05, 3.63) is 23.3 Å². The average Bonchev–Trinajstić information content (AvgIpc) is 2.74. The molecule has 68 valence electrons. The minimum Gasteiger partial charge on any atom is -0.275 e. The van der Waals surface area contributed by atoms with Crippen molar-refractivity contribution in [2.75, 3.05) is 0 Å². The number of nitrogens with one attached hydrogen (secondary N) is 1. The van der Waals surface area contributed by atoms with Crippen LogP contribution in [-0.4, -0.2) is 15.2 Å². The number of H-pyrrole nitrogens is 1. The van der Waals surface area contributed by atoms with Crippen LogP contribution in [0, 0.1) is 0 Å². The third-order valence-corrected chi connectivity index (χ3v) is 2.73. The zero-order valence-electron chi connectivity index (χ0n) is 7.61. The molecular weight excluding hydrogens is 182 g/mol. The fourth-order valence-electron chi connectivity index (χ4n) is 1.25. The molecule has 0 fully saturated rings. The first-order valence-electron chi connectivity index (χ1n) is 4.22. The highest BCUT2D eigenvalue weighted by atomic mass is 32.1. The second kappa shape index (κ2) is 3.30. The van der Waals surface area contributed by atoms with Crippen LogP contribution in [0.4, 0.5) is 0 Å². The van der Waals surface area contributed by atoms with Crippen molar-refractivity contribution in [1.82, 2.24) is 15.2 Å². The summed E-state index contributed by atoms with van der Waals surface area (Å²) in [6.45, 7) is 4.31. The van der Waals surface area contributed by atoms with Crippen molar-refractivity contribution < 1.29 is 0 Å². The Morgan fingerprint density at radius 3 is 2.92 bits per heavy atom. The number of nitrogens with zero attached hydrogens (tertiary/aromatic N) is 2. The number of hydrogen-bond acceptors (Lipinski definition) is 3. The highest BCUT2D eigenvalue weighted by Crippen LogP contribution is 2.27. The van der Waals surface area contributed by atoms with E-state index >= 15 is 0 Å². The normalized spacial score (nSPS) is 11.0. The molecule has 0 aliphatic rings. The lowest BCUT2D eigenvalue weighted by atomic mass is 10.1. The van der Waals surface area contributed by atoms with E-state index in [4.69, 9.17) is 0 Å². The van der Waals surface area contributed by atoms with Gasteiger partial charge in [0, 0.05) is 17.1 Å². The molecule has 0 aromatic carbocycles. The van der Waals surface area contributed by atoms with Gasteiger partial charge in [0.2, 0.25) is 0 Å². The van der Waals surface area contributed by atoms with Crippen molar-refractivity contribution in [3.8, 4) is 10.7 Å². The molecule has 13 heavy (non-hydrogen) atoms. The molecule has 0 atom stereocenters. The molecule has 0 bridgehead atoms. The maximum absolute atomic E-state index is 4.25. The van der Waals surface area contributed by atoms with Gasteiger partial charge in [0.25, 0.3) is 0 Å². The Balaban J connectivity index is 2.46. The molecule has 2 aromatic rings. The van der Waals surface area contributed by atoms with Gasteiger partial charge >= 0.3 is 0 Å². The molecule has 3 nitrogen and oxygen atoms in total. The molecule has 0 unspecified atom stereocenters. The summed E-state index contributed by atoms with van der Waals surface area (Å²) >= 11 is 1.63. The van der Waals surface area contributed by atoms with Gasteiger partial charge in [-0.15, -0.1) is 11.3 Å². The lowest BCUT2D eigenvalue weighted by molar-refractivity contribution is 0.870. The van der Waals surface area contributed by atoms with Crippen LogP contribution in [0.2, 0.25) is 0 Å². The fourth-order valence-corrected chi connectivity index (χ4v) is 1.91. The predicted octanol–water partition coefficient (Wildman–Crippen LogP) is 2.66. The van der Waals surface area contributed by atoms with Crippen LogP contribution in [0.1, 0.15) is 25.3 Å². The molecule has 0 aliphatic heterocycles. The minimum atomic E-state index is 0.484. The van der Waals surface area contributed by atoms with E-state index in [0.29, 0.717) is 5.92 Å². The second-order valence-electron chi connectivity index (χ2n) is 3.19. The number of rotatable bonds is 2. The molecule has 0 saturated carbocycles. The fraction of sp³-hybridized carbons (Fsp3) is 0.333. The molecule has 0 aliphatic carbocycles. The van der Waals surface area contributed by atoms with E-state index in [2.05, 4.69) is 29.0 Å². The van der Waals surface area contributed by atoms with E-state index in [9.17, 15) is 0 Å². The third kappa shape index (κ3) is 1.49. The molecule has 4 heteroatoms. The quantitative estimate of drug-likeness (QED) is 0.796. The van der Waals surface area contributed by atoms with Crippen LogP contribution in [-0.2, 0) is 0 Å². The van der Waals surface area contributed by atoms with Crippen LogP contribution < -0.4 is 0 Å². The predicted molar refractivity (Wildman–Crippen MR) is 53.8 cm³/mol. The van der Waals surface area contributed by atoms with Gasteiger partial charge in [-0.05, 0) is 5.92 Å². The number of aromatic amines is 1. The third-order valence-electron chi connectivity index (χ3n) is 1.94. The van der Waals surface area contributed by atoms with E-state index in [0.717, 1.165) is 10.7 Å². The summed E-state index contributed by atoms with van der Waals surface area (Å²) in [5.41, 5.74) is 2.29. The van der Waals surface area contributed by atoms with Crippen molar-refractivity contribution in [2.45, 2.75) is 19.8 Å². The lowest BCUT2D eigenvalue weighted by Crippen LogP contribution is -1.87. The Kier molecular flexibility index (Phi) is 2.14. The monoisotopic (exact) mass is 193 g/mol. The van der Waals surface area contributed by atoms with E-state index in [-0.39, 0.29) is 0 Å². The van der Waals surface area contributed by atoms with Crippen LogP contribution in [0.15, 0.2) is 17.8 Å². The maximum Gasteiger partial charge on any atom is 0.141 e. The van der Waals surface area contributed by atoms with Crippen molar-refractivity contribution in [2.24, 2.45) is 0 Å². The molecule has 2 heterocycles. The first-order chi connectivity index (χ1) is 6.29. The van der Waals surface area contributed by atoms with Gasteiger partial charge in [-0.25, -0.2) is 4.98 Å². The highest BCUT2D eigenvalue weighted by molar-refractivity contribution is 7.13. The Morgan fingerprint density at radius 2 is 2.31 bits per heavy atom. The Hall–Kier alpha value is -1.16. The summed E-state index contributed by atoms with van der Waals surface area (Å²) in [6, 6.07) is 0. The van der Waals surface area contributed by atoms with Gasteiger partial charge < -0.3 is 0 Å². The van der Waals surface area contributed by atoms with Gasteiger partial charge in [-0.1, -0.05) is 13.8 Å². The lowest BCUT2D eigenvalue weighted by Gasteiger charge is -2.02. The van der Waals surface area contributed by atoms with Gasteiger partial charge in [-0.2, -0.15) is 5.10 Å². The molecule has 0 saturated heterocycles. The van der Waals surface area contributed by atoms with Crippen LogP contribution in [0.25, 0.3) is 10.7 Å². The highest BCUT2D eigenvalue weighted by Gasteiger charge is 2.11. The standard InChI is InChI=1S/C9H11N3S/c1-6(2)7-5-11-12-8(7)9-10-3-4-13-9/h3-6H,1-2H3,(H,11,12). The number of aromatic nitrogens is 3. The first-order valence-corrected chi connectivity index (χ1v) is 5.10. The largest absolute Gasteiger partial charge is 0.275 e. The van der Waals surface area contributed by atoms with E-state index in [1.54, 1.807) is 11.3 Å². The van der Waals surface area contributed by atoms with Gasteiger partial charge in [0.05, 0.1) is 11.9 Å². The average molecular weight is 193 g/mol. The Labute approximate surface area is 80.8 Å². The number of thiazole rings is 1. The summed E-state index contributed by atoms with van der Waals surface area (Å²) < 4.78 is 0.